The van der Waals surface area contributed by atoms with E-state index in [1.165, 1.54) is 0 Å². The molecule has 6 nitrogen and oxygen atoms in total. The average Bonchev–Trinajstić information content (AvgIpc) is 3.13. The van der Waals surface area contributed by atoms with Crippen LogP contribution in [0.15, 0.2) is 23.8 Å². The number of hydrogen-bond acceptors (Lipinski definition) is 5. The number of nitriles is 1. The number of amides is 1. The van der Waals surface area contributed by atoms with Gasteiger partial charge in [0.05, 0.1) is 19.3 Å². The SMILES string of the molecule is CCOc1ccc(/C=C(\C#N)C(=O)NC[C@@H]2CCCO2)cc1OCC. The fraction of sp³-hybridized carbons (Fsp3) is 0.474. The first kappa shape index (κ1) is 18.8. The number of carbonyl (C=O) groups excluding carboxylic acids is 1. The third-order valence-electron chi connectivity index (χ3n) is 3.76. The minimum Gasteiger partial charge on any atom is -0.490 e. The van der Waals surface area contributed by atoms with E-state index >= 15 is 0 Å². The number of hydrogen-bond donors (Lipinski definition) is 1. The predicted molar refractivity (Wildman–Crippen MR) is 94.4 cm³/mol. The van der Waals surface area contributed by atoms with Crippen LogP contribution < -0.4 is 14.8 Å². The predicted octanol–water partition coefficient (Wildman–Crippen LogP) is 2.69. The fourth-order valence-corrected chi connectivity index (χ4v) is 2.58. The Labute approximate surface area is 148 Å². The maximum atomic E-state index is 12.2. The molecule has 0 saturated carbocycles. The molecule has 1 amide bonds. The van der Waals surface area contributed by atoms with Crippen molar-refractivity contribution in [3.05, 3.63) is 29.3 Å². The van der Waals surface area contributed by atoms with Crippen LogP contribution in [0, 0.1) is 11.3 Å². The molecule has 1 aliphatic heterocycles. The zero-order valence-corrected chi connectivity index (χ0v) is 14.7. The van der Waals surface area contributed by atoms with Crippen molar-refractivity contribution in [2.24, 2.45) is 0 Å². The van der Waals surface area contributed by atoms with E-state index in [0.717, 1.165) is 19.4 Å². The number of nitrogens with one attached hydrogen (secondary N) is 1. The van der Waals surface area contributed by atoms with E-state index < -0.39 is 5.91 Å². The second-order valence-electron chi connectivity index (χ2n) is 5.59. The maximum Gasteiger partial charge on any atom is 0.262 e. The van der Waals surface area contributed by atoms with Crippen molar-refractivity contribution in [3.8, 4) is 17.6 Å². The molecule has 1 atom stereocenters. The van der Waals surface area contributed by atoms with Crippen molar-refractivity contribution in [1.82, 2.24) is 5.32 Å². The van der Waals surface area contributed by atoms with Gasteiger partial charge >= 0.3 is 0 Å². The van der Waals surface area contributed by atoms with Gasteiger partial charge in [-0.05, 0) is 50.5 Å². The lowest BCUT2D eigenvalue weighted by atomic mass is 10.1. The molecule has 1 saturated heterocycles. The number of benzene rings is 1. The molecule has 1 heterocycles. The minimum atomic E-state index is -0.398. The van der Waals surface area contributed by atoms with E-state index in [4.69, 9.17) is 14.2 Å². The highest BCUT2D eigenvalue weighted by molar-refractivity contribution is 6.01. The van der Waals surface area contributed by atoms with Gasteiger partial charge in [-0.3, -0.25) is 4.79 Å². The standard InChI is InChI=1S/C19H24N2O4/c1-3-23-17-8-7-14(11-18(17)24-4-2)10-15(12-20)19(22)21-13-16-6-5-9-25-16/h7-8,10-11,16H,3-6,9,13H2,1-2H3,(H,21,22)/b15-10+/t16-/m0/s1. The molecule has 0 radical (unpaired) electrons. The van der Waals surface area contributed by atoms with E-state index in [0.29, 0.717) is 36.8 Å². The van der Waals surface area contributed by atoms with E-state index in [2.05, 4.69) is 5.32 Å². The normalized spacial score (nSPS) is 17.0. The highest BCUT2D eigenvalue weighted by Gasteiger charge is 2.17. The Hall–Kier alpha value is -2.52. The van der Waals surface area contributed by atoms with Crippen molar-refractivity contribution < 1.29 is 19.0 Å². The first-order chi connectivity index (χ1) is 12.2. The molecule has 1 aliphatic rings. The molecule has 134 valence electrons. The molecule has 0 aliphatic carbocycles. The third kappa shape index (κ3) is 5.50. The van der Waals surface area contributed by atoms with Crippen LogP contribution in [-0.2, 0) is 9.53 Å². The number of carbonyl (C=O) groups is 1. The van der Waals surface area contributed by atoms with Gasteiger partial charge in [-0.25, -0.2) is 0 Å². The Bertz CT molecular complexity index is 658. The largest absolute Gasteiger partial charge is 0.490 e. The molecule has 0 spiro atoms. The molecule has 1 aromatic rings. The molecule has 1 aromatic carbocycles. The van der Waals surface area contributed by atoms with Gasteiger partial charge in [0, 0.05) is 13.2 Å². The molecule has 0 aromatic heterocycles. The second-order valence-corrected chi connectivity index (χ2v) is 5.59. The lowest BCUT2D eigenvalue weighted by Crippen LogP contribution is -2.32. The number of rotatable bonds is 8. The van der Waals surface area contributed by atoms with E-state index in [1.54, 1.807) is 24.3 Å². The van der Waals surface area contributed by atoms with Crippen molar-refractivity contribution >= 4 is 12.0 Å². The lowest BCUT2D eigenvalue weighted by Gasteiger charge is -2.12. The van der Waals surface area contributed by atoms with Crippen molar-refractivity contribution in [2.75, 3.05) is 26.4 Å². The van der Waals surface area contributed by atoms with E-state index in [9.17, 15) is 10.1 Å². The monoisotopic (exact) mass is 344 g/mol. The summed E-state index contributed by atoms with van der Waals surface area (Å²) in [6.07, 6.45) is 3.53. The summed E-state index contributed by atoms with van der Waals surface area (Å²) in [5.74, 6) is 0.836. The quantitative estimate of drug-likeness (QED) is 0.579. The second kappa shape index (κ2) is 9.70. The summed E-state index contributed by atoms with van der Waals surface area (Å²) in [6.45, 7) is 5.97. The Morgan fingerprint density at radius 2 is 2.12 bits per heavy atom. The smallest absolute Gasteiger partial charge is 0.262 e. The Kier molecular flexibility index (Phi) is 7.30. The summed E-state index contributed by atoms with van der Waals surface area (Å²) in [4.78, 5) is 12.2. The topological polar surface area (TPSA) is 80.6 Å². The lowest BCUT2D eigenvalue weighted by molar-refractivity contribution is -0.117. The summed E-state index contributed by atoms with van der Waals surface area (Å²) in [5.41, 5.74) is 0.750. The molecule has 1 N–H and O–H groups in total. The maximum absolute atomic E-state index is 12.2. The van der Waals surface area contributed by atoms with Gasteiger partial charge in [0.2, 0.25) is 0 Å². The summed E-state index contributed by atoms with van der Waals surface area (Å²) in [7, 11) is 0. The van der Waals surface area contributed by atoms with Gasteiger partial charge < -0.3 is 19.5 Å². The zero-order chi connectivity index (χ0) is 18.1. The zero-order valence-electron chi connectivity index (χ0n) is 14.7. The van der Waals surface area contributed by atoms with Crippen LogP contribution in [0.4, 0.5) is 0 Å². The fourth-order valence-electron chi connectivity index (χ4n) is 2.58. The molecule has 0 bridgehead atoms. The van der Waals surface area contributed by atoms with Crippen molar-refractivity contribution in [2.45, 2.75) is 32.8 Å². The molecule has 25 heavy (non-hydrogen) atoms. The summed E-state index contributed by atoms with van der Waals surface area (Å²) in [5, 5.41) is 12.1. The number of nitrogens with zero attached hydrogens (tertiary/aromatic N) is 1. The van der Waals surface area contributed by atoms with E-state index in [-0.39, 0.29) is 11.7 Å². The van der Waals surface area contributed by atoms with Gasteiger partial charge in [-0.15, -0.1) is 0 Å². The molecule has 1 fully saturated rings. The van der Waals surface area contributed by atoms with Crippen molar-refractivity contribution in [3.63, 3.8) is 0 Å². The van der Waals surface area contributed by atoms with Crippen LogP contribution in [-0.4, -0.2) is 38.4 Å². The highest BCUT2D eigenvalue weighted by Crippen LogP contribution is 2.29. The Morgan fingerprint density at radius 3 is 2.76 bits per heavy atom. The van der Waals surface area contributed by atoms with Gasteiger partial charge in [0.25, 0.3) is 5.91 Å². The van der Waals surface area contributed by atoms with Gasteiger partial charge in [0.15, 0.2) is 11.5 Å². The Morgan fingerprint density at radius 1 is 1.36 bits per heavy atom. The summed E-state index contributed by atoms with van der Waals surface area (Å²) in [6, 6.07) is 7.28. The van der Waals surface area contributed by atoms with E-state index in [1.807, 2.05) is 19.9 Å². The molecule has 6 heteroatoms. The van der Waals surface area contributed by atoms with Crippen LogP contribution in [0.25, 0.3) is 6.08 Å². The summed E-state index contributed by atoms with van der Waals surface area (Å²) < 4.78 is 16.5. The van der Waals surface area contributed by atoms with Gasteiger partial charge in [0.1, 0.15) is 11.6 Å². The molecule has 2 rings (SSSR count). The van der Waals surface area contributed by atoms with Crippen LogP contribution in [0.1, 0.15) is 32.3 Å². The van der Waals surface area contributed by atoms with Crippen molar-refractivity contribution in [1.29, 1.82) is 5.26 Å². The van der Waals surface area contributed by atoms with Gasteiger partial charge in [-0.1, -0.05) is 6.07 Å². The highest BCUT2D eigenvalue weighted by atomic mass is 16.5. The van der Waals surface area contributed by atoms with Gasteiger partial charge in [-0.2, -0.15) is 5.26 Å². The first-order valence-electron chi connectivity index (χ1n) is 8.59. The minimum absolute atomic E-state index is 0.0407. The third-order valence-corrected chi connectivity index (χ3v) is 3.76. The number of ether oxygens (including phenoxy) is 3. The van der Waals surface area contributed by atoms with Crippen LogP contribution >= 0.6 is 0 Å². The van der Waals surface area contributed by atoms with Crippen LogP contribution in [0.3, 0.4) is 0 Å². The first-order valence-corrected chi connectivity index (χ1v) is 8.59. The van der Waals surface area contributed by atoms with Crippen LogP contribution in [0.2, 0.25) is 0 Å². The van der Waals surface area contributed by atoms with Crippen LogP contribution in [0.5, 0.6) is 11.5 Å². The summed E-state index contributed by atoms with van der Waals surface area (Å²) >= 11 is 0. The molecule has 0 unspecified atom stereocenters. The molecular weight excluding hydrogens is 320 g/mol. The molecular formula is C19H24N2O4. The Balaban J connectivity index is 2.10. The average molecular weight is 344 g/mol.